The zero-order valence-electron chi connectivity index (χ0n) is 8.75. The summed E-state index contributed by atoms with van der Waals surface area (Å²) in [6, 6.07) is 3.69. The molecule has 0 aliphatic heterocycles. The molecule has 0 aliphatic carbocycles. The first-order chi connectivity index (χ1) is 8.06. The Bertz CT molecular complexity index is 620. The minimum atomic E-state index is -4.67. The van der Waals surface area contributed by atoms with E-state index >= 15 is 0 Å². The van der Waals surface area contributed by atoms with Gasteiger partial charge in [0, 0.05) is 15.6 Å². The van der Waals surface area contributed by atoms with Gasteiger partial charge in [-0.05, 0) is 36.4 Å². The fourth-order valence-corrected chi connectivity index (χ4v) is 3.47. The van der Waals surface area contributed by atoms with E-state index in [-0.39, 0.29) is 11.1 Å². The third-order valence-electron chi connectivity index (χ3n) is 1.97. The molecule has 1 aromatic rings. The molecule has 0 amide bonds. The molecule has 0 spiro atoms. The molecule has 9 heteroatoms. The molecule has 0 bridgehead atoms. The highest BCUT2D eigenvalue weighted by Crippen LogP contribution is 2.43. The van der Waals surface area contributed by atoms with Crippen LogP contribution in [0.4, 0.5) is 13.2 Å². The summed E-state index contributed by atoms with van der Waals surface area (Å²) in [6.07, 6.45) is 0. The van der Waals surface area contributed by atoms with Crippen LogP contribution in [-0.4, -0.2) is 13.9 Å². The Hall–Kier alpha value is -0.910. The van der Waals surface area contributed by atoms with Gasteiger partial charge in [0.1, 0.15) is 0 Å². The fourth-order valence-electron chi connectivity index (χ4n) is 1.22. The van der Waals surface area contributed by atoms with Gasteiger partial charge in [0.15, 0.2) is 0 Å². The smallest absolute Gasteiger partial charge is 0.207 e. The van der Waals surface area contributed by atoms with Crippen molar-refractivity contribution in [2.75, 3.05) is 0 Å². The van der Waals surface area contributed by atoms with Crippen molar-refractivity contribution in [1.82, 2.24) is 0 Å². The summed E-state index contributed by atoms with van der Waals surface area (Å²) in [4.78, 5) is -1.22. The maximum atomic E-state index is 12.4. The van der Waals surface area contributed by atoms with Gasteiger partial charge in [-0.2, -0.15) is 18.4 Å². The van der Waals surface area contributed by atoms with Crippen molar-refractivity contribution in [2.45, 2.75) is 22.2 Å². The van der Waals surface area contributed by atoms with E-state index in [0.717, 1.165) is 12.1 Å². The molecule has 18 heavy (non-hydrogen) atoms. The van der Waals surface area contributed by atoms with Gasteiger partial charge in [-0.1, -0.05) is 0 Å². The van der Waals surface area contributed by atoms with Gasteiger partial charge in [0.25, 0.3) is 9.05 Å². The summed E-state index contributed by atoms with van der Waals surface area (Å²) in [5, 5.41) is 8.71. The molecular formula is C9H5ClF3NO2S2. The summed E-state index contributed by atoms with van der Waals surface area (Å²) in [7, 11) is 0.757. The third-order valence-corrected chi connectivity index (χ3v) is 4.43. The van der Waals surface area contributed by atoms with Crippen LogP contribution in [-0.2, 0) is 9.05 Å². The van der Waals surface area contributed by atoms with Crippen LogP contribution in [0.1, 0.15) is 11.1 Å². The quantitative estimate of drug-likeness (QED) is 0.620. The second kappa shape index (κ2) is 4.99. The van der Waals surface area contributed by atoms with Crippen LogP contribution >= 0.6 is 22.4 Å². The molecule has 1 aromatic carbocycles. The van der Waals surface area contributed by atoms with Crippen LogP contribution in [0.2, 0.25) is 0 Å². The second-order valence-electron chi connectivity index (χ2n) is 3.16. The van der Waals surface area contributed by atoms with Gasteiger partial charge >= 0.3 is 5.51 Å². The largest absolute Gasteiger partial charge is 0.446 e. The second-order valence-corrected chi connectivity index (χ2v) is 6.77. The van der Waals surface area contributed by atoms with Crippen LogP contribution in [0.5, 0.6) is 0 Å². The summed E-state index contributed by atoms with van der Waals surface area (Å²) < 4.78 is 59.5. The molecule has 1 rings (SSSR count). The lowest BCUT2D eigenvalue weighted by Crippen LogP contribution is -2.05. The van der Waals surface area contributed by atoms with E-state index in [1.54, 1.807) is 6.07 Å². The van der Waals surface area contributed by atoms with Crippen LogP contribution < -0.4 is 0 Å². The molecule has 0 aliphatic rings. The Morgan fingerprint density at radius 3 is 2.33 bits per heavy atom. The Kier molecular flexibility index (Phi) is 4.20. The summed E-state index contributed by atoms with van der Waals surface area (Å²) >= 11 is -0.604. The lowest BCUT2D eigenvalue weighted by atomic mass is 10.1. The summed E-state index contributed by atoms with van der Waals surface area (Å²) in [5.74, 6) is 0. The number of nitrogens with zero attached hydrogens (tertiary/aromatic N) is 1. The summed E-state index contributed by atoms with van der Waals surface area (Å²) in [5.41, 5.74) is -4.78. The Morgan fingerprint density at radius 2 is 1.94 bits per heavy atom. The van der Waals surface area contributed by atoms with Crippen molar-refractivity contribution >= 4 is 31.5 Å². The lowest BCUT2D eigenvalue weighted by molar-refractivity contribution is -0.0329. The van der Waals surface area contributed by atoms with Crippen molar-refractivity contribution in [3.8, 4) is 6.07 Å². The Balaban J connectivity index is 3.57. The van der Waals surface area contributed by atoms with E-state index in [4.69, 9.17) is 15.9 Å². The van der Waals surface area contributed by atoms with Crippen LogP contribution in [0, 0.1) is 18.3 Å². The SMILES string of the molecule is Cc1c(C#N)ccc(S(=O)(=O)Cl)c1SC(F)(F)F. The number of thioether (sulfide) groups is 1. The average Bonchev–Trinajstić information content (AvgIpc) is 2.17. The monoisotopic (exact) mass is 315 g/mol. The lowest BCUT2D eigenvalue weighted by Gasteiger charge is -2.12. The molecule has 0 heterocycles. The number of hydrogen-bond acceptors (Lipinski definition) is 4. The maximum absolute atomic E-state index is 12.4. The molecule has 0 saturated heterocycles. The number of hydrogen-bond donors (Lipinski definition) is 0. The molecule has 0 saturated carbocycles. The van der Waals surface area contributed by atoms with E-state index in [9.17, 15) is 21.6 Å². The van der Waals surface area contributed by atoms with Gasteiger partial charge in [0.2, 0.25) is 0 Å². The summed E-state index contributed by atoms with van der Waals surface area (Å²) in [6.45, 7) is 1.23. The van der Waals surface area contributed by atoms with Gasteiger partial charge in [-0.25, -0.2) is 8.42 Å². The molecule has 0 atom stereocenters. The third kappa shape index (κ3) is 3.54. The van der Waals surface area contributed by atoms with Crippen molar-refractivity contribution in [3.05, 3.63) is 23.3 Å². The highest BCUT2D eigenvalue weighted by Gasteiger charge is 2.33. The van der Waals surface area contributed by atoms with Crippen LogP contribution in [0.25, 0.3) is 0 Å². The first-order valence-corrected chi connectivity index (χ1v) is 7.43. The normalized spacial score (nSPS) is 12.2. The molecular weight excluding hydrogens is 311 g/mol. The fraction of sp³-hybridized carbons (Fsp3) is 0.222. The zero-order chi connectivity index (χ0) is 14.1. The maximum Gasteiger partial charge on any atom is 0.446 e. The minimum Gasteiger partial charge on any atom is -0.207 e. The zero-order valence-corrected chi connectivity index (χ0v) is 11.1. The van der Waals surface area contributed by atoms with Crippen LogP contribution in [0.3, 0.4) is 0 Å². The van der Waals surface area contributed by atoms with Gasteiger partial charge in [-0.15, -0.1) is 0 Å². The van der Waals surface area contributed by atoms with Gasteiger partial charge in [-0.3, -0.25) is 0 Å². The molecule has 3 nitrogen and oxygen atoms in total. The first kappa shape index (κ1) is 15.1. The van der Waals surface area contributed by atoms with E-state index in [0.29, 0.717) is 0 Å². The number of alkyl halides is 3. The first-order valence-electron chi connectivity index (χ1n) is 4.30. The average molecular weight is 316 g/mol. The predicted molar refractivity (Wildman–Crippen MR) is 60.8 cm³/mol. The molecule has 0 N–H and O–H groups in total. The number of nitriles is 1. The molecule has 0 fully saturated rings. The predicted octanol–water partition coefficient (Wildman–Crippen LogP) is 3.41. The number of halogens is 4. The molecule has 0 unspecified atom stereocenters. The van der Waals surface area contributed by atoms with E-state index < -0.39 is 36.1 Å². The molecule has 98 valence electrons. The van der Waals surface area contributed by atoms with Crippen molar-refractivity contribution in [2.24, 2.45) is 0 Å². The Labute approximate surface area is 110 Å². The molecule has 0 aromatic heterocycles. The van der Waals surface area contributed by atoms with Crippen molar-refractivity contribution in [3.63, 3.8) is 0 Å². The van der Waals surface area contributed by atoms with Crippen LogP contribution in [0.15, 0.2) is 21.9 Å². The number of benzene rings is 1. The van der Waals surface area contributed by atoms with Gasteiger partial charge < -0.3 is 0 Å². The van der Waals surface area contributed by atoms with E-state index in [1.807, 2.05) is 0 Å². The van der Waals surface area contributed by atoms with Gasteiger partial charge in [0.05, 0.1) is 16.5 Å². The number of rotatable bonds is 2. The van der Waals surface area contributed by atoms with E-state index in [1.165, 1.54) is 6.92 Å². The highest BCUT2D eigenvalue weighted by molar-refractivity contribution is 8.14. The van der Waals surface area contributed by atoms with E-state index in [2.05, 4.69) is 0 Å². The molecule has 0 radical (unpaired) electrons. The highest BCUT2D eigenvalue weighted by atomic mass is 35.7. The standard InChI is InChI=1S/C9H5ClF3NO2S2/c1-5-6(4-14)2-3-7(18(10,15)16)8(5)17-9(11,12)13/h2-3H,1H3. The topological polar surface area (TPSA) is 57.9 Å². The Morgan fingerprint density at radius 1 is 1.39 bits per heavy atom. The minimum absolute atomic E-state index is 0.0363. The van der Waals surface area contributed by atoms with Crippen molar-refractivity contribution in [1.29, 1.82) is 5.26 Å². The van der Waals surface area contributed by atoms with Crippen molar-refractivity contribution < 1.29 is 21.6 Å².